The molecule has 112 valence electrons. The zero-order chi connectivity index (χ0) is 15.8. The van der Waals surface area contributed by atoms with E-state index in [-0.39, 0.29) is 5.41 Å². The molecular weight excluding hydrogens is 304 g/mol. The van der Waals surface area contributed by atoms with Crippen molar-refractivity contribution in [2.75, 3.05) is 0 Å². The number of aromatic nitrogens is 2. The number of pyridine rings is 1. The van der Waals surface area contributed by atoms with Gasteiger partial charge in [-0.3, -0.25) is 4.57 Å². The third kappa shape index (κ3) is 1.52. The topological polar surface area (TPSA) is 17.8 Å². The van der Waals surface area contributed by atoms with Crippen molar-refractivity contribution in [1.29, 1.82) is 0 Å². The molecule has 0 radical (unpaired) electrons. The fourth-order valence-electron chi connectivity index (χ4n) is 3.99. The second kappa shape index (κ2) is 4.15. The molecule has 5 rings (SSSR count). The Bertz CT molecular complexity index is 1110. The predicted molar refractivity (Wildman–Crippen MR) is 95.7 cm³/mol. The van der Waals surface area contributed by atoms with Crippen LogP contribution in [-0.4, -0.2) is 9.55 Å². The van der Waals surface area contributed by atoms with Crippen molar-refractivity contribution in [1.82, 2.24) is 9.55 Å². The summed E-state index contributed by atoms with van der Waals surface area (Å²) in [5.74, 6) is 0. The van der Waals surface area contributed by atoms with E-state index < -0.39 is 0 Å². The number of benzene rings is 2. The molecule has 0 spiro atoms. The first-order valence-electron chi connectivity index (χ1n) is 7.79. The van der Waals surface area contributed by atoms with Crippen LogP contribution in [0.1, 0.15) is 25.0 Å². The highest BCUT2D eigenvalue weighted by atomic mass is 35.5. The van der Waals surface area contributed by atoms with Crippen molar-refractivity contribution < 1.29 is 0 Å². The number of fused-ring (bicyclic) bond motifs is 5. The van der Waals surface area contributed by atoms with Crippen LogP contribution in [0, 0.1) is 0 Å². The van der Waals surface area contributed by atoms with E-state index in [1.54, 1.807) is 0 Å². The molecule has 1 aliphatic heterocycles. The first-order valence-corrected chi connectivity index (χ1v) is 8.17. The fraction of sp³-hybridized carbons (Fsp3) is 0.150. The summed E-state index contributed by atoms with van der Waals surface area (Å²) >= 11 is 6.19. The Morgan fingerprint density at radius 3 is 2.52 bits per heavy atom. The van der Waals surface area contributed by atoms with Gasteiger partial charge < -0.3 is 0 Å². The molecular formula is C20H15ClN2. The molecule has 0 saturated carbocycles. The maximum atomic E-state index is 6.19. The van der Waals surface area contributed by atoms with Crippen molar-refractivity contribution >= 4 is 33.5 Å². The first kappa shape index (κ1) is 13.1. The zero-order valence-corrected chi connectivity index (χ0v) is 13.7. The molecule has 2 aromatic carbocycles. The molecule has 2 nitrogen and oxygen atoms in total. The average molecular weight is 319 g/mol. The minimum atomic E-state index is -0.0374. The van der Waals surface area contributed by atoms with Gasteiger partial charge in [-0.1, -0.05) is 61.8 Å². The number of para-hydroxylation sites is 2. The molecule has 0 saturated heterocycles. The SMILES string of the molecule is CC1(C)c2ccccc2-n2c3nc(Cl)ccc3c3cccc1c32. The van der Waals surface area contributed by atoms with Gasteiger partial charge in [0.05, 0.1) is 11.2 Å². The van der Waals surface area contributed by atoms with Crippen LogP contribution < -0.4 is 0 Å². The standard InChI is InChI=1S/C20H15ClN2/c1-20(2)14-7-3-4-9-16(14)23-18-12(6-5-8-15(18)20)13-10-11-17(21)22-19(13)23/h3-11H,1-2H3. The van der Waals surface area contributed by atoms with Gasteiger partial charge in [0.25, 0.3) is 0 Å². The van der Waals surface area contributed by atoms with E-state index in [9.17, 15) is 0 Å². The Hall–Kier alpha value is -2.32. The lowest BCUT2D eigenvalue weighted by atomic mass is 9.75. The maximum Gasteiger partial charge on any atom is 0.147 e. The Morgan fingerprint density at radius 2 is 1.65 bits per heavy atom. The number of rotatable bonds is 0. The van der Waals surface area contributed by atoms with Crippen molar-refractivity contribution in [3.05, 3.63) is 70.9 Å². The summed E-state index contributed by atoms with van der Waals surface area (Å²) in [4.78, 5) is 4.63. The summed E-state index contributed by atoms with van der Waals surface area (Å²) in [6, 6.07) is 19.1. The maximum absolute atomic E-state index is 6.19. The summed E-state index contributed by atoms with van der Waals surface area (Å²) < 4.78 is 2.27. The Labute approximate surface area is 139 Å². The summed E-state index contributed by atoms with van der Waals surface area (Å²) in [7, 11) is 0. The van der Waals surface area contributed by atoms with Gasteiger partial charge in [-0.25, -0.2) is 4.98 Å². The van der Waals surface area contributed by atoms with Gasteiger partial charge in [-0.15, -0.1) is 0 Å². The molecule has 0 N–H and O–H groups in total. The van der Waals surface area contributed by atoms with E-state index in [1.807, 2.05) is 6.07 Å². The van der Waals surface area contributed by atoms with Gasteiger partial charge in [0.15, 0.2) is 0 Å². The van der Waals surface area contributed by atoms with Gasteiger partial charge >= 0.3 is 0 Å². The molecule has 0 aliphatic carbocycles. The van der Waals surface area contributed by atoms with E-state index in [2.05, 4.69) is 71.9 Å². The number of halogens is 1. The van der Waals surface area contributed by atoms with Crippen LogP contribution in [0.15, 0.2) is 54.6 Å². The summed E-state index contributed by atoms with van der Waals surface area (Å²) in [6.45, 7) is 4.59. The van der Waals surface area contributed by atoms with E-state index in [0.717, 1.165) is 11.0 Å². The lowest BCUT2D eigenvalue weighted by Crippen LogP contribution is -2.26. The van der Waals surface area contributed by atoms with Crippen LogP contribution in [-0.2, 0) is 5.41 Å². The predicted octanol–water partition coefficient (Wildman–Crippen LogP) is 5.47. The number of nitrogens with zero attached hydrogens (tertiary/aromatic N) is 2. The summed E-state index contributed by atoms with van der Waals surface area (Å²) in [5.41, 5.74) is 6.00. The van der Waals surface area contributed by atoms with Crippen molar-refractivity contribution in [3.8, 4) is 5.69 Å². The van der Waals surface area contributed by atoms with Crippen LogP contribution in [0.4, 0.5) is 0 Å². The highest BCUT2D eigenvalue weighted by Crippen LogP contribution is 2.46. The summed E-state index contributed by atoms with van der Waals surface area (Å²) in [5, 5.41) is 2.92. The smallest absolute Gasteiger partial charge is 0.147 e. The first-order chi connectivity index (χ1) is 11.1. The van der Waals surface area contributed by atoms with Gasteiger partial charge in [0.1, 0.15) is 10.8 Å². The Balaban J connectivity index is 2.14. The molecule has 0 atom stereocenters. The number of hydrogen-bond donors (Lipinski definition) is 0. The van der Waals surface area contributed by atoms with Crippen LogP contribution >= 0.6 is 11.6 Å². The van der Waals surface area contributed by atoms with E-state index in [1.165, 1.54) is 27.7 Å². The normalized spacial score (nSPS) is 15.1. The van der Waals surface area contributed by atoms with Crippen LogP contribution in [0.25, 0.3) is 27.6 Å². The highest BCUT2D eigenvalue weighted by molar-refractivity contribution is 6.30. The molecule has 0 amide bonds. The van der Waals surface area contributed by atoms with Gasteiger partial charge in [0, 0.05) is 16.2 Å². The molecule has 3 heterocycles. The molecule has 2 aromatic heterocycles. The third-order valence-electron chi connectivity index (χ3n) is 5.09. The average Bonchev–Trinajstić information content (AvgIpc) is 2.87. The number of hydrogen-bond acceptors (Lipinski definition) is 1. The summed E-state index contributed by atoms with van der Waals surface area (Å²) in [6.07, 6.45) is 0. The second-order valence-electron chi connectivity index (χ2n) is 6.68. The quantitative estimate of drug-likeness (QED) is 0.393. The lowest BCUT2D eigenvalue weighted by molar-refractivity contribution is 0.630. The van der Waals surface area contributed by atoms with E-state index >= 15 is 0 Å². The van der Waals surface area contributed by atoms with E-state index in [0.29, 0.717) is 5.15 Å². The Kier molecular flexibility index (Phi) is 2.37. The van der Waals surface area contributed by atoms with Crippen molar-refractivity contribution in [2.45, 2.75) is 19.3 Å². The minimum absolute atomic E-state index is 0.0374. The van der Waals surface area contributed by atoms with Crippen molar-refractivity contribution in [3.63, 3.8) is 0 Å². The fourth-order valence-corrected chi connectivity index (χ4v) is 4.14. The van der Waals surface area contributed by atoms with Gasteiger partial charge in [-0.2, -0.15) is 0 Å². The van der Waals surface area contributed by atoms with Gasteiger partial charge in [0.2, 0.25) is 0 Å². The minimum Gasteiger partial charge on any atom is -0.293 e. The monoisotopic (exact) mass is 318 g/mol. The second-order valence-corrected chi connectivity index (χ2v) is 7.07. The molecule has 0 unspecified atom stereocenters. The molecule has 4 aromatic rings. The van der Waals surface area contributed by atoms with Crippen molar-refractivity contribution in [2.24, 2.45) is 0 Å². The molecule has 23 heavy (non-hydrogen) atoms. The molecule has 3 heteroatoms. The largest absolute Gasteiger partial charge is 0.293 e. The van der Waals surface area contributed by atoms with Crippen LogP contribution in [0.5, 0.6) is 0 Å². The molecule has 1 aliphatic rings. The molecule has 0 bridgehead atoms. The van der Waals surface area contributed by atoms with E-state index in [4.69, 9.17) is 11.6 Å². The third-order valence-corrected chi connectivity index (χ3v) is 5.30. The zero-order valence-electron chi connectivity index (χ0n) is 13.0. The van der Waals surface area contributed by atoms with Crippen LogP contribution in [0.2, 0.25) is 5.15 Å². The lowest BCUT2D eigenvalue weighted by Gasteiger charge is -2.34. The highest BCUT2D eigenvalue weighted by Gasteiger charge is 2.34. The van der Waals surface area contributed by atoms with Crippen LogP contribution in [0.3, 0.4) is 0 Å². The Morgan fingerprint density at radius 1 is 0.870 bits per heavy atom. The van der Waals surface area contributed by atoms with Gasteiger partial charge in [-0.05, 0) is 29.3 Å². The molecule has 0 fully saturated rings.